The van der Waals surface area contributed by atoms with E-state index in [1.165, 1.54) is 0 Å². The molecule has 0 aliphatic rings. The van der Waals surface area contributed by atoms with Crippen molar-refractivity contribution in [2.24, 2.45) is 0 Å². The molecule has 0 saturated carbocycles. The fourth-order valence-electron chi connectivity index (χ4n) is 3.94. The average molecular weight is 545 g/mol. The Morgan fingerprint density at radius 3 is 0.951 bits per heavy atom. The van der Waals surface area contributed by atoms with Crippen LogP contribution in [0.15, 0.2) is 121 Å². The van der Waals surface area contributed by atoms with Crippen LogP contribution in [-0.2, 0) is 0 Å². The number of ether oxygens (including phenoxy) is 3. The molecule has 0 atom stereocenters. The molecule has 0 spiro atoms. The molecule has 0 fully saturated rings. The molecule has 5 rings (SSSR count). The Morgan fingerprint density at radius 2 is 0.634 bits per heavy atom. The van der Waals surface area contributed by atoms with Gasteiger partial charge in [0, 0.05) is 22.3 Å². The van der Waals surface area contributed by atoms with Gasteiger partial charge in [-0.1, -0.05) is 59.7 Å². The van der Waals surface area contributed by atoms with Gasteiger partial charge in [0.05, 0.1) is 14.2 Å². The van der Waals surface area contributed by atoms with E-state index in [2.05, 4.69) is 0 Å². The number of methoxy groups -OCH3 is 2. The van der Waals surface area contributed by atoms with Gasteiger partial charge in [0.25, 0.3) is 0 Å². The largest absolute Gasteiger partial charge is 0.497 e. The molecule has 5 nitrogen and oxygen atoms in total. The molecule has 5 aromatic carbocycles. The molecule has 0 amide bonds. The monoisotopic (exact) mass is 544 g/mol. The standard InChI is InChI=1S/C21H18O3.C15H14O2/c1-15-3-5-16(6-4-15)21(22)17-7-9-19(10-8-17)24-20-13-11-18(23-2)12-14-20;1-11-3-5-12(6-4-11)15(16)13-7-9-14(17-2)10-8-13/h3-14H,1-2H3;3-10H,1-2H3. The zero-order chi connectivity index (χ0) is 29.2. The van der Waals surface area contributed by atoms with Crippen LogP contribution < -0.4 is 14.2 Å². The fraction of sp³-hybridized carbons (Fsp3) is 0.111. The summed E-state index contributed by atoms with van der Waals surface area (Å²) in [5.41, 5.74) is 4.99. The zero-order valence-electron chi connectivity index (χ0n) is 23.6. The lowest BCUT2D eigenvalue weighted by molar-refractivity contribution is 0.103. The molecule has 206 valence electrons. The maximum Gasteiger partial charge on any atom is 0.193 e. The van der Waals surface area contributed by atoms with Crippen LogP contribution in [0.4, 0.5) is 0 Å². The van der Waals surface area contributed by atoms with Crippen molar-refractivity contribution in [2.75, 3.05) is 14.2 Å². The van der Waals surface area contributed by atoms with E-state index in [1.807, 2.05) is 86.6 Å². The second kappa shape index (κ2) is 13.8. The highest BCUT2D eigenvalue weighted by Gasteiger charge is 2.10. The first-order valence-electron chi connectivity index (χ1n) is 13.1. The summed E-state index contributed by atoms with van der Waals surface area (Å²) in [7, 11) is 3.23. The smallest absolute Gasteiger partial charge is 0.193 e. The molecule has 0 unspecified atom stereocenters. The van der Waals surface area contributed by atoms with Crippen LogP contribution in [0.2, 0.25) is 0 Å². The Labute approximate surface area is 241 Å². The normalized spacial score (nSPS) is 10.1. The van der Waals surface area contributed by atoms with Gasteiger partial charge in [-0.15, -0.1) is 0 Å². The molecule has 5 heteroatoms. The van der Waals surface area contributed by atoms with E-state index in [-0.39, 0.29) is 11.6 Å². The lowest BCUT2D eigenvalue weighted by Crippen LogP contribution is -2.00. The summed E-state index contributed by atoms with van der Waals surface area (Å²) in [5, 5.41) is 0. The second-order valence-electron chi connectivity index (χ2n) is 9.42. The van der Waals surface area contributed by atoms with Crippen LogP contribution in [0.5, 0.6) is 23.0 Å². The quantitative estimate of drug-likeness (QED) is 0.184. The Kier molecular flexibility index (Phi) is 9.68. The minimum absolute atomic E-state index is 0.00555. The van der Waals surface area contributed by atoms with E-state index in [4.69, 9.17) is 14.2 Å². The Morgan fingerprint density at radius 1 is 0.390 bits per heavy atom. The van der Waals surface area contributed by atoms with Crippen LogP contribution in [0.25, 0.3) is 0 Å². The topological polar surface area (TPSA) is 61.8 Å². The van der Waals surface area contributed by atoms with Gasteiger partial charge < -0.3 is 14.2 Å². The van der Waals surface area contributed by atoms with E-state index in [9.17, 15) is 9.59 Å². The number of hydrogen-bond acceptors (Lipinski definition) is 5. The third-order valence-electron chi connectivity index (χ3n) is 6.39. The minimum atomic E-state index is 0.00555. The van der Waals surface area contributed by atoms with Crippen molar-refractivity contribution in [1.29, 1.82) is 0 Å². The fourth-order valence-corrected chi connectivity index (χ4v) is 3.94. The van der Waals surface area contributed by atoms with Crippen LogP contribution in [0.1, 0.15) is 43.0 Å². The Hall–Kier alpha value is -5.16. The number of hydrogen-bond donors (Lipinski definition) is 0. The highest BCUT2D eigenvalue weighted by atomic mass is 16.5. The molecule has 5 aromatic rings. The van der Waals surface area contributed by atoms with Crippen LogP contribution in [0, 0.1) is 13.8 Å². The van der Waals surface area contributed by atoms with Crippen molar-refractivity contribution in [3.8, 4) is 23.0 Å². The van der Waals surface area contributed by atoms with Crippen molar-refractivity contribution >= 4 is 11.6 Å². The number of aryl methyl sites for hydroxylation is 2. The third kappa shape index (κ3) is 7.93. The molecule has 0 aromatic heterocycles. The van der Waals surface area contributed by atoms with E-state index >= 15 is 0 Å². The molecular weight excluding hydrogens is 512 g/mol. The van der Waals surface area contributed by atoms with Crippen molar-refractivity contribution < 1.29 is 23.8 Å². The summed E-state index contributed by atoms with van der Waals surface area (Å²) >= 11 is 0. The Bertz CT molecular complexity index is 1570. The van der Waals surface area contributed by atoms with Gasteiger partial charge in [0.2, 0.25) is 0 Å². The highest BCUT2D eigenvalue weighted by Crippen LogP contribution is 2.24. The first-order valence-corrected chi connectivity index (χ1v) is 13.1. The molecule has 0 bridgehead atoms. The zero-order valence-corrected chi connectivity index (χ0v) is 23.6. The van der Waals surface area contributed by atoms with Gasteiger partial charge in [-0.3, -0.25) is 9.59 Å². The molecular formula is C36H32O5. The molecule has 41 heavy (non-hydrogen) atoms. The third-order valence-corrected chi connectivity index (χ3v) is 6.39. The van der Waals surface area contributed by atoms with Gasteiger partial charge >= 0.3 is 0 Å². The lowest BCUT2D eigenvalue weighted by Gasteiger charge is -2.07. The summed E-state index contributed by atoms with van der Waals surface area (Å²) in [6.45, 7) is 4.00. The minimum Gasteiger partial charge on any atom is -0.497 e. The van der Waals surface area contributed by atoms with E-state index in [0.717, 1.165) is 22.6 Å². The van der Waals surface area contributed by atoms with Crippen molar-refractivity contribution in [1.82, 2.24) is 0 Å². The van der Waals surface area contributed by atoms with E-state index in [1.54, 1.807) is 62.8 Å². The molecule has 0 radical (unpaired) electrons. The van der Waals surface area contributed by atoms with Gasteiger partial charge in [0.15, 0.2) is 11.6 Å². The highest BCUT2D eigenvalue weighted by molar-refractivity contribution is 6.09. The van der Waals surface area contributed by atoms with Gasteiger partial charge in [-0.25, -0.2) is 0 Å². The summed E-state index contributed by atoms with van der Waals surface area (Å²) < 4.78 is 15.9. The molecule has 0 aliphatic heterocycles. The first kappa shape index (κ1) is 28.8. The first-order chi connectivity index (χ1) is 19.9. The SMILES string of the molecule is COc1ccc(C(=O)c2ccc(C)cc2)cc1.COc1ccc(Oc2ccc(C(=O)c3ccc(C)cc3)cc2)cc1. The van der Waals surface area contributed by atoms with Gasteiger partial charge in [0.1, 0.15) is 23.0 Å². The summed E-state index contributed by atoms with van der Waals surface area (Å²) in [6.07, 6.45) is 0. The summed E-state index contributed by atoms with van der Waals surface area (Å²) in [5.74, 6) is 2.97. The molecule has 0 N–H and O–H groups in total. The average Bonchev–Trinajstić information content (AvgIpc) is 3.02. The van der Waals surface area contributed by atoms with Crippen LogP contribution in [-0.4, -0.2) is 25.8 Å². The van der Waals surface area contributed by atoms with E-state index in [0.29, 0.717) is 33.8 Å². The van der Waals surface area contributed by atoms with E-state index < -0.39 is 0 Å². The molecule has 0 saturated heterocycles. The maximum atomic E-state index is 12.4. The summed E-state index contributed by atoms with van der Waals surface area (Å²) in [6, 6.07) is 36.8. The van der Waals surface area contributed by atoms with Crippen LogP contribution in [0.3, 0.4) is 0 Å². The van der Waals surface area contributed by atoms with Crippen LogP contribution >= 0.6 is 0 Å². The number of carbonyl (C=O) groups excluding carboxylic acids is 2. The summed E-state index contributed by atoms with van der Waals surface area (Å²) in [4.78, 5) is 24.6. The number of ketones is 2. The predicted molar refractivity (Wildman–Crippen MR) is 162 cm³/mol. The van der Waals surface area contributed by atoms with Gasteiger partial charge in [-0.2, -0.15) is 0 Å². The van der Waals surface area contributed by atoms with Crippen molar-refractivity contribution in [3.63, 3.8) is 0 Å². The number of benzene rings is 5. The molecule has 0 heterocycles. The Balaban J connectivity index is 0.000000201. The predicted octanol–water partition coefficient (Wildman–Crippen LogP) is 8.26. The van der Waals surface area contributed by atoms with Crippen molar-refractivity contribution in [2.45, 2.75) is 13.8 Å². The second-order valence-corrected chi connectivity index (χ2v) is 9.42. The molecule has 0 aliphatic carbocycles. The van der Waals surface area contributed by atoms with Gasteiger partial charge in [-0.05, 0) is 86.6 Å². The van der Waals surface area contributed by atoms with Crippen molar-refractivity contribution in [3.05, 3.63) is 155 Å². The maximum absolute atomic E-state index is 12.4. The number of rotatable bonds is 8. The number of carbonyl (C=O) groups is 2. The lowest BCUT2D eigenvalue weighted by atomic mass is 10.0.